The summed E-state index contributed by atoms with van der Waals surface area (Å²) in [4.78, 5) is 0. The van der Waals surface area contributed by atoms with Crippen molar-refractivity contribution < 1.29 is 13.2 Å². The quantitative estimate of drug-likeness (QED) is 0.864. The van der Waals surface area contributed by atoms with Crippen LogP contribution in [0, 0.1) is 0 Å². The van der Waals surface area contributed by atoms with Crippen LogP contribution in [0.4, 0.5) is 18.9 Å². The summed E-state index contributed by atoms with van der Waals surface area (Å²) in [7, 11) is 0. The van der Waals surface area contributed by atoms with Crippen LogP contribution in [0.2, 0.25) is 0 Å². The van der Waals surface area contributed by atoms with E-state index in [2.05, 4.69) is 31.5 Å². The molecule has 0 aliphatic rings. The summed E-state index contributed by atoms with van der Waals surface area (Å²) < 4.78 is 39.1. The van der Waals surface area contributed by atoms with E-state index >= 15 is 0 Å². The first-order valence-electron chi connectivity index (χ1n) is 5.68. The molecular formula is C11H11BrF3N5. The topological polar surface area (TPSA) is 69.6 Å². The molecule has 108 valence electrons. The highest BCUT2D eigenvalue weighted by molar-refractivity contribution is 9.10. The van der Waals surface area contributed by atoms with Crippen LogP contribution >= 0.6 is 15.9 Å². The Morgan fingerprint density at radius 2 is 2.10 bits per heavy atom. The van der Waals surface area contributed by atoms with E-state index in [-0.39, 0.29) is 5.82 Å². The van der Waals surface area contributed by atoms with Gasteiger partial charge in [-0.25, -0.2) is 4.68 Å². The second-order valence-corrected chi connectivity index (χ2v) is 5.12. The van der Waals surface area contributed by atoms with Crippen LogP contribution in [0.25, 0.3) is 11.4 Å². The first kappa shape index (κ1) is 14.8. The van der Waals surface area contributed by atoms with Crippen molar-refractivity contribution in [2.24, 2.45) is 0 Å². The molecule has 20 heavy (non-hydrogen) atoms. The predicted octanol–water partition coefficient (Wildman–Crippen LogP) is 3.20. The maximum Gasteiger partial charge on any atom is 0.391 e. The lowest BCUT2D eigenvalue weighted by molar-refractivity contribution is -0.142. The standard InChI is InChI=1S/C11H11BrF3N5/c1-6(5-11(13,14)15)20-10(17-18-19-20)7-3-2-4-8(16)9(7)12/h2-4,6H,5,16H2,1H3. The number of nitrogens with zero attached hydrogens (tertiary/aromatic N) is 4. The Morgan fingerprint density at radius 1 is 1.40 bits per heavy atom. The predicted molar refractivity (Wildman–Crippen MR) is 70.7 cm³/mol. The molecule has 0 aliphatic heterocycles. The first-order chi connectivity index (χ1) is 9.29. The Labute approximate surface area is 121 Å². The zero-order valence-electron chi connectivity index (χ0n) is 10.4. The van der Waals surface area contributed by atoms with Gasteiger partial charge in [-0.2, -0.15) is 13.2 Å². The lowest BCUT2D eigenvalue weighted by Gasteiger charge is -2.16. The number of halogens is 4. The summed E-state index contributed by atoms with van der Waals surface area (Å²) >= 11 is 3.29. The van der Waals surface area contributed by atoms with Crippen molar-refractivity contribution in [1.82, 2.24) is 20.2 Å². The average Bonchev–Trinajstić information content (AvgIpc) is 2.79. The van der Waals surface area contributed by atoms with Crippen LogP contribution in [-0.4, -0.2) is 26.4 Å². The Hall–Kier alpha value is -1.64. The summed E-state index contributed by atoms with van der Waals surface area (Å²) in [5.74, 6) is 0.237. The van der Waals surface area contributed by atoms with Crippen molar-refractivity contribution in [3.05, 3.63) is 22.7 Å². The van der Waals surface area contributed by atoms with Crippen LogP contribution in [0.3, 0.4) is 0 Å². The highest BCUT2D eigenvalue weighted by atomic mass is 79.9. The van der Waals surface area contributed by atoms with Crippen LogP contribution in [0.5, 0.6) is 0 Å². The summed E-state index contributed by atoms with van der Waals surface area (Å²) in [6.45, 7) is 1.41. The highest BCUT2D eigenvalue weighted by Gasteiger charge is 2.32. The van der Waals surface area contributed by atoms with E-state index in [1.165, 1.54) is 6.92 Å². The molecule has 1 unspecified atom stereocenters. The molecule has 0 aliphatic carbocycles. The van der Waals surface area contributed by atoms with Crippen LogP contribution < -0.4 is 5.73 Å². The molecule has 5 nitrogen and oxygen atoms in total. The highest BCUT2D eigenvalue weighted by Crippen LogP contribution is 2.34. The van der Waals surface area contributed by atoms with E-state index in [1.807, 2.05) is 0 Å². The van der Waals surface area contributed by atoms with Crippen LogP contribution in [0.15, 0.2) is 22.7 Å². The van der Waals surface area contributed by atoms with Gasteiger partial charge in [0.05, 0.1) is 16.9 Å². The molecule has 0 bridgehead atoms. The van der Waals surface area contributed by atoms with Gasteiger partial charge in [0, 0.05) is 11.3 Å². The van der Waals surface area contributed by atoms with Crippen LogP contribution in [-0.2, 0) is 0 Å². The van der Waals surface area contributed by atoms with E-state index in [0.717, 1.165) is 4.68 Å². The van der Waals surface area contributed by atoms with Gasteiger partial charge in [-0.15, -0.1) is 5.10 Å². The number of alkyl halides is 3. The number of benzene rings is 1. The van der Waals surface area contributed by atoms with Gasteiger partial charge in [0.2, 0.25) is 0 Å². The fourth-order valence-corrected chi connectivity index (χ4v) is 2.25. The first-order valence-corrected chi connectivity index (χ1v) is 6.48. The Morgan fingerprint density at radius 3 is 2.75 bits per heavy atom. The summed E-state index contributed by atoms with van der Waals surface area (Å²) in [6.07, 6.45) is -5.29. The molecule has 0 saturated carbocycles. The molecule has 0 spiro atoms. The number of nitrogens with two attached hydrogens (primary N) is 1. The molecule has 2 N–H and O–H groups in total. The average molecular weight is 350 g/mol. The monoisotopic (exact) mass is 349 g/mol. The Kier molecular flexibility index (Phi) is 3.98. The Balaban J connectivity index is 2.40. The number of hydrogen-bond acceptors (Lipinski definition) is 4. The number of tetrazole rings is 1. The molecule has 0 amide bonds. The molecule has 0 fully saturated rings. The van der Waals surface area contributed by atoms with Crippen molar-refractivity contribution >= 4 is 21.6 Å². The third-order valence-corrected chi connectivity index (χ3v) is 3.59. The number of anilines is 1. The number of nitrogen functional groups attached to an aromatic ring is 1. The van der Waals surface area contributed by atoms with Gasteiger partial charge in [0.15, 0.2) is 5.82 Å². The van der Waals surface area contributed by atoms with Crippen molar-refractivity contribution in [3.8, 4) is 11.4 Å². The molecule has 0 radical (unpaired) electrons. The van der Waals surface area contributed by atoms with Gasteiger partial charge in [0.25, 0.3) is 0 Å². The van der Waals surface area contributed by atoms with Crippen molar-refractivity contribution in [1.29, 1.82) is 0 Å². The van der Waals surface area contributed by atoms with Gasteiger partial charge in [-0.1, -0.05) is 6.07 Å². The molecule has 2 rings (SSSR count). The van der Waals surface area contributed by atoms with Gasteiger partial charge in [-0.05, 0) is 45.4 Å². The zero-order valence-corrected chi connectivity index (χ0v) is 12.0. The molecule has 1 aromatic heterocycles. The fraction of sp³-hybridized carbons (Fsp3) is 0.364. The van der Waals surface area contributed by atoms with E-state index in [1.54, 1.807) is 18.2 Å². The minimum absolute atomic E-state index is 0.237. The normalized spacial score (nSPS) is 13.4. The lowest BCUT2D eigenvalue weighted by Crippen LogP contribution is -2.18. The molecular weight excluding hydrogens is 339 g/mol. The van der Waals surface area contributed by atoms with Crippen molar-refractivity contribution in [2.75, 3.05) is 5.73 Å². The maximum atomic E-state index is 12.5. The van der Waals surface area contributed by atoms with Crippen molar-refractivity contribution in [2.45, 2.75) is 25.6 Å². The molecule has 1 atom stereocenters. The SMILES string of the molecule is CC(CC(F)(F)F)n1nnnc1-c1cccc(N)c1Br. The zero-order chi connectivity index (χ0) is 14.9. The largest absolute Gasteiger partial charge is 0.398 e. The molecule has 1 heterocycles. The summed E-state index contributed by atoms with van der Waals surface area (Å²) in [5.41, 5.74) is 6.75. The maximum absolute atomic E-state index is 12.5. The summed E-state index contributed by atoms with van der Waals surface area (Å²) in [6, 6.07) is 4.13. The second kappa shape index (κ2) is 5.39. The molecule has 2 aromatic rings. The number of aromatic nitrogens is 4. The van der Waals surface area contributed by atoms with Gasteiger partial charge >= 0.3 is 6.18 Å². The number of rotatable bonds is 3. The molecule has 0 saturated heterocycles. The third kappa shape index (κ3) is 3.09. The molecule has 9 heteroatoms. The Bertz CT molecular complexity index is 610. The molecule has 1 aromatic carbocycles. The number of hydrogen-bond donors (Lipinski definition) is 1. The van der Waals surface area contributed by atoms with E-state index < -0.39 is 18.6 Å². The smallest absolute Gasteiger partial charge is 0.391 e. The van der Waals surface area contributed by atoms with E-state index in [4.69, 9.17) is 5.73 Å². The van der Waals surface area contributed by atoms with Gasteiger partial charge < -0.3 is 5.73 Å². The van der Waals surface area contributed by atoms with Gasteiger partial charge in [-0.3, -0.25) is 0 Å². The fourth-order valence-electron chi connectivity index (χ4n) is 1.81. The van der Waals surface area contributed by atoms with E-state index in [9.17, 15) is 13.2 Å². The third-order valence-electron chi connectivity index (χ3n) is 2.71. The minimum atomic E-state index is -4.28. The van der Waals surface area contributed by atoms with E-state index in [0.29, 0.717) is 15.7 Å². The summed E-state index contributed by atoms with van der Waals surface area (Å²) in [5, 5.41) is 10.9. The lowest BCUT2D eigenvalue weighted by atomic mass is 10.1. The van der Waals surface area contributed by atoms with Crippen LogP contribution in [0.1, 0.15) is 19.4 Å². The second-order valence-electron chi connectivity index (χ2n) is 4.32. The minimum Gasteiger partial charge on any atom is -0.398 e. The van der Waals surface area contributed by atoms with Crippen molar-refractivity contribution in [3.63, 3.8) is 0 Å². The van der Waals surface area contributed by atoms with Gasteiger partial charge in [0.1, 0.15) is 0 Å².